The van der Waals surface area contributed by atoms with Crippen LogP contribution in [0.2, 0.25) is 0 Å². The number of hydrogen-bond acceptors (Lipinski definition) is 3. The number of carbonyl (C=O) groups excluding carboxylic acids is 2. The van der Waals surface area contributed by atoms with Gasteiger partial charge in [0.15, 0.2) is 0 Å². The molecular weight excluding hydrogens is 302 g/mol. The Hall–Kier alpha value is -1.88. The molecule has 1 aromatic rings. The third-order valence-electron chi connectivity index (χ3n) is 4.45. The van der Waals surface area contributed by atoms with Crippen molar-refractivity contribution in [2.45, 2.75) is 52.1 Å². The van der Waals surface area contributed by atoms with E-state index < -0.39 is 17.5 Å². The molecule has 1 rings (SSSR count). The normalized spacial score (nSPS) is 14.6. The van der Waals surface area contributed by atoms with Gasteiger partial charge in [-0.25, -0.2) is 0 Å². The maximum absolute atomic E-state index is 12.9. The van der Waals surface area contributed by atoms with Crippen molar-refractivity contribution in [1.82, 2.24) is 16.0 Å². The number of carbonyl (C=O) groups is 2. The van der Waals surface area contributed by atoms with Crippen LogP contribution >= 0.6 is 0 Å². The second kappa shape index (κ2) is 7.79. The van der Waals surface area contributed by atoms with Gasteiger partial charge in [-0.2, -0.15) is 0 Å². The summed E-state index contributed by atoms with van der Waals surface area (Å²) >= 11 is 0. The predicted molar refractivity (Wildman–Crippen MR) is 97.8 cm³/mol. The summed E-state index contributed by atoms with van der Waals surface area (Å²) in [5, 5.41) is 8.66. The molecule has 1 unspecified atom stereocenters. The summed E-state index contributed by atoms with van der Waals surface area (Å²) in [6.07, 6.45) is 0. The van der Waals surface area contributed by atoms with Gasteiger partial charge < -0.3 is 16.0 Å². The maximum Gasteiger partial charge on any atom is 0.242 e. The van der Waals surface area contributed by atoms with Crippen LogP contribution in [0.25, 0.3) is 0 Å². The standard InChI is InChI=1S/C19H31N3O2/c1-18(2,3)14(16(23)21-7)22-17(24)15(20-6)19(4,5)13-11-9-8-10-12-13/h8-12,14-15,20H,1-7H3,(H,21,23)(H,22,24)/t14?,15-/m1/s1. The molecule has 0 radical (unpaired) electrons. The minimum Gasteiger partial charge on any atom is -0.357 e. The Morgan fingerprint density at radius 1 is 0.875 bits per heavy atom. The lowest BCUT2D eigenvalue weighted by Gasteiger charge is -2.37. The third-order valence-corrected chi connectivity index (χ3v) is 4.45. The molecule has 3 N–H and O–H groups in total. The molecule has 134 valence electrons. The molecule has 0 spiro atoms. The largest absolute Gasteiger partial charge is 0.357 e. The van der Waals surface area contributed by atoms with Gasteiger partial charge in [0.2, 0.25) is 11.8 Å². The molecule has 0 heterocycles. The van der Waals surface area contributed by atoms with Gasteiger partial charge in [0.05, 0.1) is 6.04 Å². The van der Waals surface area contributed by atoms with E-state index in [2.05, 4.69) is 16.0 Å². The van der Waals surface area contributed by atoms with Crippen LogP contribution in [0, 0.1) is 5.41 Å². The molecule has 1 aromatic carbocycles. The van der Waals surface area contributed by atoms with Crippen molar-refractivity contribution >= 4 is 11.8 Å². The highest BCUT2D eigenvalue weighted by Gasteiger charge is 2.39. The number of benzene rings is 1. The molecule has 0 aliphatic rings. The molecule has 5 nitrogen and oxygen atoms in total. The van der Waals surface area contributed by atoms with Crippen LogP contribution in [0.1, 0.15) is 40.2 Å². The lowest BCUT2D eigenvalue weighted by atomic mass is 9.76. The van der Waals surface area contributed by atoms with Gasteiger partial charge in [0.25, 0.3) is 0 Å². The second-order valence-corrected chi connectivity index (χ2v) is 7.73. The number of rotatable bonds is 6. The summed E-state index contributed by atoms with van der Waals surface area (Å²) in [4.78, 5) is 25.1. The molecule has 0 saturated carbocycles. The first-order valence-corrected chi connectivity index (χ1v) is 8.30. The zero-order chi connectivity index (χ0) is 18.5. The summed E-state index contributed by atoms with van der Waals surface area (Å²) < 4.78 is 0. The molecule has 0 aliphatic heterocycles. The van der Waals surface area contributed by atoms with Gasteiger partial charge in [0.1, 0.15) is 6.04 Å². The Bertz CT molecular complexity index is 562. The predicted octanol–water partition coefficient (Wildman–Crippen LogP) is 1.83. The molecule has 24 heavy (non-hydrogen) atoms. The molecule has 5 heteroatoms. The van der Waals surface area contributed by atoms with Gasteiger partial charge in [0, 0.05) is 12.5 Å². The smallest absolute Gasteiger partial charge is 0.242 e. The Kier molecular flexibility index (Phi) is 6.55. The molecule has 0 bridgehead atoms. The van der Waals surface area contributed by atoms with Gasteiger partial charge in [-0.1, -0.05) is 65.0 Å². The van der Waals surface area contributed by atoms with Crippen molar-refractivity contribution in [2.24, 2.45) is 5.41 Å². The molecule has 0 saturated heterocycles. The zero-order valence-corrected chi connectivity index (χ0v) is 15.9. The lowest BCUT2D eigenvalue weighted by molar-refractivity contribution is -0.133. The fourth-order valence-corrected chi connectivity index (χ4v) is 2.90. The minimum atomic E-state index is -0.600. The van der Waals surface area contributed by atoms with E-state index in [1.165, 1.54) is 0 Å². The first-order chi connectivity index (χ1) is 11.1. The SMILES string of the molecule is CNC(=O)C(NC(=O)[C@@H](NC)C(C)(C)c1ccccc1)C(C)(C)C. The number of likely N-dealkylation sites (N-methyl/N-ethyl adjacent to an activating group) is 2. The third kappa shape index (κ3) is 4.57. The van der Waals surface area contributed by atoms with E-state index >= 15 is 0 Å². The topological polar surface area (TPSA) is 70.2 Å². The zero-order valence-electron chi connectivity index (χ0n) is 15.9. The van der Waals surface area contributed by atoms with Crippen LogP contribution in [-0.2, 0) is 15.0 Å². The van der Waals surface area contributed by atoms with Crippen LogP contribution in [0.15, 0.2) is 30.3 Å². The maximum atomic E-state index is 12.9. The van der Waals surface area contributed by atoms with Crippen molar-refractivity contribution in [3.05, 3.63) is 35.9 Å². The van der Waals surface area contributed by atoms with E-state index in [9.17, 15) is 9.59 Å². The van der Waals surface area contributed by atoms with Crippen molar-refractivity contribution in [2.75, 3.05) is 14.1 Å². The first kappa shape index (κ1) is 20.2. The van der Waals surface area contributed by atoms with Gasteiger partial charge in [-0.15, -0.1) is 0 Å². The van der Waals surface area contributed by atoms with Gasteiger partial charge >= 0.3 is 0 Å². The van der Waals surface area contributed by atoms with E-state index in [1.807, 2.05) is 65.0 Å². The Balaban J connectivity index is 3.07. The highest BCUT2D eigenvalue weighted by molar-refractivity contribution is 5.91. The first-order valence-electron chi connectivity index (χ1n) is 8.30. The number of nitrogens with one attached hydrogen (secondary N) is 3. The van der Waals surface area contributed by atoms with Crippen molar-refractivity contribution in [3.63, 3.8) is 0 Å². The summed E-state index contributed by atoms with van der Waals surface area (Å²) in [7, 11) is 3.34. The van der Waals surface area contributed by atoms with Crippen LogP contribution < -0.4 is 16.0 Å². The van der Waals surface area contributed by atoms with Crippen molar-refractivity contribution in [3.8, 4) is 0 Å². The average Bonchev–Trinajstić information content (AvgIpc) is 2.52. The van der Waals surface area contributed by atoms with E-state index in [-0.39, 0.29) is 17.2 Å². The summed E-state index contributed by atoms with van der Waals surface area (Å²) in [6, 6.07) is 8.84. The minimum absolute atomic E-state index is 0.185. The fourth-order valence-electron chi connectivity index (χ4n) is 2.90. The van der Waals surface area contributed by atoms with E-state index in [4.69, 9.17) is 0 Å². The summed E-state index contributed by atoms with van der Waals surface area (Å²) in [5.41, 5.74) is 0.252. The van der Waals surface area contributed by atoms with E-state index in [1.54, 1.807) is 14.1 Å². The van der Waals surface area contributed by atoms with E-state index in [0.717, 1.165) is 5.56 Å². The van der Waals surface area contributed by atoms with Gasteiger partial charge in [-0.3, -0.25) is 9.59 Å². The Morgan fingerprint density at radius 3 is 1.83 bits per heavy atom. The summed E-state index contributed by atoms with van der Waals surface area (Å²) in [5.74, 6) is -0.377. The highest BCUT2D eigenvalue weighted by atomic mass is 16.2. The fraction of sp³-hybridized carbons (Fsp3) is 0.579. The van der Waals surface area contributed by atoms with Crippen LogP contribution in [0.4, 0.5) is 0 Å². The Labute approximate surface area is 145 Å². The molecular formula is C19H31N3O2. The monoisotopic (exact) mass is 333 g/mol. The molecule has 0 aromatic heterocycles. The number of amides is 2. The second-order valence-electron chi connectivity index (χ2n) is 7.73. The van der Waals surface area contributed by atoms with Crippen molar-refractivity contribution in [1.29, 1.82) is 0 Å². The molecule has 0 fully saturated rings. The Morgan fingerprint density at radius 2 is 1.42 bits per heavy atom. The molecule has 2 atom stereocenters. The lowest BCUT2D eigenvalue weighted by Crippen LogP contribution is -2.60. The van der Waals surface area contributed by atoms with E-state index in [0.29, 0.717) is 0 Å². The number of hydrogen-bond donors (Lipinski definition) is 3. The highest BCUT2D eigenvalue weighted by Crippen LogP contribution is 2.28. The average molecular weight is 333 g/mol. The quantitative estimate of drug-likeness (QED) is 0.744. The van der Waals surface area contributed by atoms with Crippen LogP contribution in [0.3, 0.4) is 0 Å². The van der Waals surface area contributed by atoms with Gasteiger partial charge in [-0.05, 0) is 18.0 Å². The van der Waals surface area contributed by atoms with Crippen molar-refractivity contribution < 1.29 is 9.59 Å². The summed E-state index contributed by atoms with van der Waals surface area (Å²) in [6.45, 7) is 9.85. The molecule has 2 amide bonds. The van der Waals surface area contributed by atoms with Crippen LogP contribution in [-0.4, -0.2) is 38.0 Å². The molecule has 0 aliphatic carbocycles. The van der Waals surface area contributed by atoms with Crippen LogP contribution in [0.5, 0.6) is 0 Å².